The van der Waals surface area contributed by atoms with E-state index in [0.717, 1.165) is 68.9 Å². The van der Waals surface area contributed by atoms with Crippen LogP contribution in [0, 0.1) is 5.82 Å². The van der Waals surface area contributed by atoms with Crippen LogP contribution in [0.5, 0.6) is 5.75 Å². The number of benzene rings is 3. The highest BCUT2D eigenvalue weighted by molar-refractivity contribution is 5.76. The summed E-state index contributed by atoms with van der Waals surface area (Å²) >= 11 is 0. The average molecular weight is 490 g/mol. The number of rotatable bonds is 11. The van der Waals surface area contributed by atoms with Crippen molar-refractivity contribution in [3.05, 3.63) is 84.2 Å². The maximum absolute atomic E-state index is 14.3. The number of para-hydroxylation sites is 2. The molecule has 3 aromatic rings. The summed E-state index contributed by atoms with van der Waals surface area (Å²) in [6, 6.07) is 22.6. The number of carbonyl (C=O) groups is 1. The van der Waals surface area contributed by atoms with Crippen LogP contribution in [-0.2, 0) is 11.3 Å². The predicted molar refractivity (Wildman–Crippen MR) is 144 cm³/mol. The molecule has 1 aliphatic rings. The van der Waals surface area contributed by atoms with E-state index in [1.165, 1.54) is 11.8 Å². The molecule has 0 unspecified atom stereocenters. The average Bonchev–Trinajstić information content (AvgIpc) is 2.92. The Balaban J connectivity index is 1.13. The van der Waals surface area contributed by atoms with Gasteiger partial charge in [-0.2, -0.15) is 0 Å². The number of halogens is 1. The van der Waals surface area contributed by atoms with Crippen molar-refractivity contribution in [3.8, 4) is 16.9 Å². The standard InChI is InChI=1S/C30H36FN3O2/c1-36-29-16-9-8-15-28(29)34-21-19-33(20-22-34)18-10-2-3-17-30(35)32-23-24-11-4-5-12-25(24)26-13-6-7-14-27(26)31/h4-9,11-16H,2-3,10,17-23H2,1H3,(H,32,35). The molecule has 3 aromatic carbocycles. The second kappa shape index (κ2) is 13.1. The van der Waals surface area contributed by atoms with Crippen molar-refractivity contribution in [1.82, 2.24) is 10.2 Å². The van der Waals surface area contributed by atoms with Crippen LogP contribution < -0.4 is 15.0 Å². The molecule has 0 bridgehead atoms. The summed E-state index contributed by atoms with van der Waals surface area (Å²) in [6.07, 6.45) is 3.52. The number of amides is 1. The van der Waals surface area contributed by atoms with Gasteiger partial charge in [-0.1, -0.05) is 61.0 Å². The van der Waals surface area contributed by atoms with Crippen LogP contribution in [0.25, 0.3) is 11.1 Å². The van der Waals surface area contributed by atoms with Gasteiger partial charge in [0.2, 0.25) is 5.91 Å². The van der Waals surface area contributed by atoms with Crippen molar-refractivity contribution in [2.75, 3.05) is 44.7 Å². The monoisotopic (exact) mass is 489 g/mol. The fraction of sp³-hybridized carbons (Fsp3) is 0.367. The Morgan fingerprint density at radius 2 is 1.56 bits per heavy atom. The van der Waals surface area contributed by atoms with Gasteiger partial charge in [-0.05, 0) is 48.7 Å². The van der Waals surface area contributed by atoms with E-state index in [-0.39, 0.29) is 11.7 Å². The second-order valence-electron chi connectivity index (χ2n) is 9.22. The second-order valence-corrected chi connectivity index (χ2v) is 9.22. The number of ether oxygens (including phenoxy) is 1. The van der Waals surface area contributed by atoms with E-state index >= 15 is 0 Å². The first-order valence-corrected chi connectivity index (χ1v) is 12.9. The smallest absolute Gasteiger partial charge is 0.220 e. The van der Waals surface area contributed by atoms with Gasteiger partial charge in [0.05, 0.1) is 12.8 Å². The number of piperazine rings is 1. The third-order valence-electron chi connectivity index (χ3n) is 6.83. The summed E-state index contributed by atoms with van der Waals surface area (Å²) in [5, 5.41) is 3.01. The first kappa shape index (κ1) is 25.7. The summed E-state index contributed by atoms with van der Waals surface area (Å²) in [6.45, 7) is 5.55. The highest BCUT2D eigenvalue weighted by Gasteiger charge is 2.19. The zero-order valence-corrected chi connectivity index (χ0v) is 21.1. The Morgan fingerprint density at radius 3 is 2.33 bits per heavy atom. The fourth-order valence-corrected chi connectivity index (χ4v) is 4.80. The highest BCUT2D eigenvalue weighted by atomic mass is 19.1. The summed E-state index contributed by atoms with van der Waals surface area (Å²) < 4.78 is 19.8. The van der Waals surface area contributed by atoms with Crippen molar-refractivity contribution in [3.63, 3.8) is 0 Å². The van der Waals surface area contributed by atoms with Crippen LogP contribution in [0.15, 0.2) is 72.8 Å². The van der Waals surface area contributed by atoms with Crippen LogP contribution in [0.1, 0.15) is 31.2 Å². The molecule has 1 heterocycles. The first-order chi connectivity index (χ1) is 17.7. The number of methoxy groups -OCH3 is 1. The Bertz CT molecular complexity index is 1130. The van der Waals surface area contributed by atoms with E-state index in [1.807, 2.05) is 42.5 Å². The van der Waals surface area contributed by atoms with E-state index in [9.17, 15) is 9.18 Å². The maximum atomic E-state index is 14.3. The molecule has 1 fully saturated rings. The van der Waals surface area contributed by atoms with Crippen LogP contribution in [0.3, 0.4) is 0 Å². The Kier molecular flexibility index (Phi) is 9.33. The third-order valence-corrected chi connectivity index (χ3v) is 6.83. The number of carbonyl (C=O) groups excluding carboxylic acids is 1. The molecule has 36 heavy (non-hydrogen) atoms. The van der Waals surface area contributed by atoms with Gasteiger partial charge < -0.3 is 15.0 Å². The quantitative estimate of drug-likeness (QED) is 0.361. The lowest BCUT2D eigenvalue weighted by atomic mass is 9.99. The molecular formula is C30H36FN3O2. The molecule has 0 radical (unpaired) electrons. The van der Waals surface area contributed by atoms with E-state index in [0.29, 0.717) is 18.5 Å². The minimum Gasteiger partial charge on any atom is -0.495 e. The van der Waals surface area contributed by atoms with Crippen LogP contribution in [0.2, 0.25) is 0 Å². The van der Waals surface area contributed by atoms with Crippen molar-refractivity contribution >= 4 is 11.6 Å². The zero-order chi connectivity index (χ0) is 25.2. The molecule has 0 atom stereocenters. The van der Waals surface area contributed by atoms with Gasteiger partial charge >= 0.3 is 0 Å². The molecule has 1 saturated heterocycles. The maximum Gasteiger partial charge on any atom is 0.220 e. The van der Waals surface area contributed by atoms with Crippen LogP contribution in [0.4, 0.5) is 10.1 Å². The van der Waals surface area contributed by atoms with Gasteiger partial charge in [0.1, 0.15) is 11.6 Å². The molecule has 5 nitrogen and oxygen atoms in total. The lowest BCUT2D eigenvalue weighted by Crippen LogP contribution is -2.46. The Labute approximate surface area is 213 Å². The van der Waals surface area contributed by atoms with Crippen molar-refractivity contribution in [1.29, 1.82) is 0 Å². The van der Waals surface area contributed by atoms with Crippen molar-refractivity contribution in [2.24, 2.45) is 0 Å². The summed E-state index contributed by atoms with van der Waals surface area (Å²) in [5.74, 6) is 0.723. The minimum atomic E-state index is -0.252. The number of hydrogen-bond acceptors (Lipinski definition) is 4. The molecule has 190 valence electrons. The Hall–Kier alpha value is -3.38. The van der Waals surface area contributed by atoms with Gasteiger partial charge in [-0.3, -0.25) is 9.69 Å². The summed E-state index contributed by atoms with van der Waals surface area (Å²) in [5.41, 5.74) is 3.47. The fourth-order valence-electron chi connectivity index (χ4n) is 4.80. The number of unbranched alkanes of at least 4 members (excludes halogenated alkanes) is 2. The van der Waals surface area contributed by atoms with E-state index in [2.05, 4.69) is 27.2 Å². The van der Waals surface area contributed by atoms with Crippen molar-refractivity contribution in [2.45, 2.75) is 32.2 Å². The summed E-state index contributed by atoms with van der Waals surface area (Å²) in [4.78, 5) is 17.3. The van der Waals surface area contributed by atoms with Crippen LogP contribution in [-0.4, -0.2) is 50.6 Å². The highest BCUT2D eigenvalue weighted by Crippen LogP contribution is 2.28. The summed E-state index contributed by atoms with van der Waals surface area (Å²) in [7, 11) is 1.72. The molecule has 0 spiro atoms. The van der Waals surface area contributed by atoms with E-state index in [1.54, 1.807) is 19.2 Å². The molecule has 1 amide bonds. The largest absolute Gasteiger partial charge is 0.495 e. The molecule has 4 rings (SSSR count). The predicted octanol–water partition coefficient (Wildman–Crippen LogP) is 5.50. The van der Waals surface area contributed by atoms with E-state index < -0.39 is 0 Å². The Morgan fingerprint density at radius 1 is 0.861 bits per heavy atom. The lowest BCUT2D eigenvalue weighted by Gasteiger charge is -2.36. The normalized spacial score (nSPS) is 14.0. The molecule has 1 N–H and O–H groups in total. The van der Waals surface area contributed by atoms with Crippen molar-refractivity contribution < 1.29 is 13.9 Å². The minimum absolute atomic E-state index is 0.0451. The first-order valence-electron chi connectivity index (χ1n) is 12.9. The SMILES string of the molecule is COc1ccccc1N1CCN(CCCCCC(=O)NCc2ccccc2-c2ccccc2F)CC1. The van der Waals surface area contributed by atoms with Gasteiger partial charge in [0.15, 0.2) is 0 Å². The molecule has 0 saturated carbocycles. The number of anilines is 1. The van der Waals surface area contributed by atoms with Gasteiger partial charge in [-0.15, -0.1) is 0 Å². The lowest BCUT2D eigenvalue weighted by molar-refractivity contribution is -0.121. The van der Waals surface area contributed by atoms with Gasteiger partial charge in [0, 0.05) is 44.7 Å². The van der Waals surface area contributed by atoms with Gasteiger partial charge in [0.25, 0.3) is 0 Å². The van der Waals surface area contributed by atoms with E-state index in [4.69, 9.17) is 4.74 Å². The molecular weight excluding hydrogens is 453 g/mol. The number of nitrogens with zero attached hydrogens (tertiary/aromatic N) is 2. The molecule has 0 aromatic heterocycles. The number of nitrogens with one attached hydrogen (secondary N) is 1. The van der Waals surface area contributed by atoms with Gasteiger partial charge in [-0.25, -0.2) is 4.39 Å². The number of hydrogen-bond donors (Lipinski definition) is 1. The zero-order valence-electron chi connectivity index (χ0n) is 21.1. The molecule has 0 aliphatic carbocycles. The molecule has 6 heteroatoms. The third kappa shape index (κ3) is 6.85. The van der Waals surface area contributed by atoms with Crippen LogP contribution >= 0.6 is 0 Å². The topological polar surface area (TPSA) is 44.8 Å². The molecule has 1 aliphatic heterocycles.